The molecule has 0 aliphatic heterocycles. The third kappa shape index (κ3) is 5.26. The Bertz CT molecular complexity index is 1750. The number of fused-ring (bicyclic) bond motifs is 1. The highest BCUT2D eigenvalue weighted by molar-refractivity contribution is 7.92. The summed E-state index contributed by atoms with van der Waals surface area (Å²) in [5.74, 6) is -1.10. The van der Waals surface area contributed by atoms with Crippen molar-refractivity contribution in [1.29, 1.82) is 0 Å². The summed E-state index contributed by atoms with van der Waals surface area (Å²) < 4.78 is 28.1. The molecule has 38 heavy (non-hydrogen) atoms. The summed E-state index contributed by atoms with van der Waals surface area (Å²) in [6, 6.07) is 25.3. The predicted molar refractivity (Wildman–Crippen MR) is 148 cm³/mol. The van der Waals surface area contributed by atoms with Crippen LogP contribution < -0.4 is 15.6 Å². The van der Waals surface area contributed by atoms with Crippen LogP contribution >= 0.6 is 11.3 Å². The number of benzene rings is 3. The van der Waals surface area contributed by atoms with E-state index < -0.39 is 21.8 Å². The van der Waals surface area contributed by atoms with E-state index in [9.17, 15) is 18.0 Å². The molecular weight excluding hydrogens is 520 g/mol. The SMILES string of the molecule is Cc1ccccc1NS(=O)(=O)c1ccc(C(=O)NNC(=O)c2cc(-c3cccs3)nc3ccccc23)cc1. The standard InChI is InChI=1S/C28H22N4O4S2/c1-18-7-2-4-9-23(18)32-38(35,36)20-14-12-19(13-15-20)27(33)30-31-28(34)22-17-25(26-11-6-16-37-26)29-24-10-5-3-8-21(22)24/h2-17,32H,1H3,(H,30,33)(H,31,34). The molecule has 0 unspecified atom stereocenters. The number of carbonyl (C=O) groups is 2. The van der Waals surface area contributed by atoms with E-state index in [-0.39, 0.29) is 10.5 Å². The van der Waals surface area contributed by atoms with E-state index in [1.54, 1.807) is 37.3 Å². The number of hydrogen-bond acceptors (Lipinski definition) is 6. The van der Waals surface area contributed by atoms with E-state index in [1.807, 2.05) is 41.8 Å². The van der Waals surface area contributed by atoms with Crippen LogP contribution in [-0.2, 0) is 10.0 Å². The van der Waals surface area contributed by atoms with Crippen molar-refractivity contribution in [1.82, 2.24) is 15.8 Å². The number of sulfonamides is 1. The fourth-order valence-electron chi connectivity index (χ4n) is 3.84. The molecule has 0 saturated heterocycles. The van der Waals surface area contributed by atoms with E-state index in [4.69, 9.17) is 0 Å². The van der Waals surface area contributed by atoms with Crippen LogP contribution in [0.25, 0.3) is 21.5 Å². The number of hydrazine groups is 1. The molecule has 190 valence electrons. The molecule has 2 heterocycles. The Hall–Kier alpha value is -4.54. The fourth-order valence-corrected chi connectivity index (χ4v) is 5.66. The van der Waals surface area contributed by atoms with Crippen molar-refractivity contribution in [3.8, 4) is 10.6 Å². The number of rotatable bonds is 6. The lowest BCUT2D eigenvalue weighted by Gasteiger charge is -2.12. The molecule has 0 radical (unpaired) electrons. The Morgan fingerprint density at radius 3 is 2.26 bits per heavy atom. The molecule has 2 aromatic heterocycles. The summed E-state index contributed by atoms with van der Waals surface area (Å²) >= 11 is 1.51. The lowest BCUT2D eigenvalue weighted by Crippen LogP contribution is -2.41. The minimum atomic E-state index is -3.84. The van der Waals surface area contributed by atoms with E-state index >= 15 is 0 Å². The second-order valence-electron chi connectivity index (χ2n) is 8.40. The number of nitrogens with one attached hydrogen (secondary N) is 3. The molecule has 5 aromatic rings. The van der Waals surface area contributed by atoms with Gasteiger partial charge >= 0.3 is 0 Å². The molecule has 0 atom stereocenters. The first-order valence-corrected chi connectivity index (χ1v) is 13.9. The third-order valence-corrected chi connectivity index (χ3v) is 8.11. The van der Waals surface area contributed by atoms with Crippen molar-refractivity contribution in [2.75, 3.05) is 4.72 Å². The second kappa shape index (κ2) is 10.4. The van der Waals surface area contributed by atoms with Crippen LogP contribution in [0.3, 0.4) is 0 Å². The minimum absolute atomic E-state index is 0.00528. The molecule has 0 saturated carbocycles. The Morgan fingerprint density at radius 2 is 1.53 bits per heavy atom. The van der Waals surface area contributed by atoms with Crippen LogP contribution in [0.2, 0.25) is 0 Å². The first kappa shape index (κ1) is 25.1. The highest BCUT2D eigenvalue weighted by atomic mass is 32.2. The van der Waals surface area contributed by atoms with Crippen molar-refractivity contribution in [2.24, 2.45) is 0 Å². The minimum Gasteiger partial charge on any atom is -0.279 e. The first-order chi connectivity index (χ1) is 18.3. The number of pyridine rings is 1. The average Bonchev–Trinajstić information content (AvgIpc) is 3.47. The molecule has 0 aliphatic rings. The molecular formula is C28H22N4O4S2. The zero-order chi connectivity index (χ0) is 26.7. The monoisotopic (exact) mass is 542 g/mol. The molecule has 0 spiro atoms. The van der Waals surface area contributed by atoms with Gasteiger partial charge in [0.15, 0.2) is 0 Å². The molecule has 2 amide bonds. The number of hydrogen-bond donors (Lipinski definition) is 3. The summed E-state index contributed by atoms with van der Waals surface area (Å²) in [4.78, 5) is 31.3. The van der Waals surface area contributed by atoms with E-state index in [0.29, 0.717) is 27.8 Å². The highest BCUT2D eigenvalue weighted by Gasteiger charge is 2.18. The van der Waals surface area contributed by atoms with Gasteiger partial charge in [0.2, 0.25) is 0 Å². The number of amides is 2. The fraction of sp³-hybridized carbons (Fsp3) is 0.0357. The number of thiophene rings is 1. The maximum atomic E-state index is 13.1. The summed E-state index contributed by atoms with van der Waals surface area (Å²) in [5.41, 5.74) is 7.97. The number of carbonyl (C=O) groups excluding carboxylic acids is 2. The quantitative estimate of drug-likeness (QED) is 0.257. The van der Waals surface area contributed by atoms with Crippen molar-refractivity contribution < 1.29 is 18.0 Å². The van der Waals surface area contributed by atoms with Crippen LogP contribution in [0.15, 0.2) is 101 Å². The van der Waals surface area contributed by atoms with Crippen LogP contribution in [0.4, 0.5) is 5.69 Å². The maximum absolute atomic E-state index is 13.1. The van der Waals surface area contributed by atoms with Gasteiger partial charge in [0.1, 0.15) is 0 Å². The van der Waals surface area contributed by atoms with Gasteiger partial charge in [0, 0.05) is 10.9 Å². The van der Waals surface area contributed by atoms with Crippen molar-refractivity contribution in [3.63, 3.8) is 0 Å². The summed E-state index contributed by atoms with van der Waals surface area (Å²) in [6.45, 7) is 1.80. The lowest BCUT2D eigenvalue weighted by atomic mass is 10.1. The Kier molecular flexibility index (Phi) is 6.91. The van der Waals surface area contributed by atoms with Gasteiger partial charge in [-0.2, -0.15) is 0 Å². The maximum Gasteiger partial charge on any atom is 0.270 e. The van der Waals surface area contributed by atoms with Crippen molar-refractivity contribution in [3.05, 3.63) is 113 Å². The van der Waals surface area contributed by atoms with Gasteiger partial charge in [0.05, 0.1) is 32.2 Å². The van der Waals surface area contributed by atoms with Crippen molar-refractivity contribution >= 4 is 49.8 Å². The molecule has 10 heteroatoms. The van der Waals surface area contributed by atoms with E-state index in [0.717, 1.165) is 10.4 Å². The number of anilines is 1. The van der Waals surface area contributed by atoms with Crippen LogP contribution in [0.5, 0.6) is 0 Å². The molecule has 0 bridgehead atoms. The van der Waals surface area contributed by atoms with Crippen LogP contribution in [0.1, 0.15) is 26.3 Å². The molecule has 0 fully saturated rings. The smallest absolute Gasteiger partial charge is 0.270 e. The summed E-state index contributed by atoms with van der Waals surface area (Å²) in [5, 5.41) is 2.58. The first-order valence-electron chi connectivity index (χ1n) is 11.5. The van der Waals surface area contributed by atoms with Gasteiger partial charge in [-0.05, 0) is 66.4 Å². The molecule has 3 N–H and O–H groups in total. The van der Waals surface area contributed by atoms with Gasteiger partial charge < -0.3 is 0 Å². The van der Waals surface area contributed by atoms with E-state index in [1.165, 1.54) is 35.6 Å². The molecule has 8 nitrogen and oxygen atoms in total. The topological polar surface area (TPSA) is 117 Å². The van der Waals surface area contributed by atoms with Crippen LogP contribution in [-0.4, -0.2) is 25.2 Å². The predicted octanol–water partition coefficient (Wildman–Crippen LogP) is 5.15. The van der Waals surface area contributed by atoms with E-state index in [2.05, 4.69) is 20.6 Å². The zero-order valence-electron chi connectivity index (χ0n) is 20.1. The lowest BCUT2D eigenvalue weighted by molar-refractivity contribution is 0.0847. The van der Waals surface area contributed by atoms with Crippen molar-refractivity contribution in [2.45, 2.75) is 11.8 Å². The average molecular weight is 543 g/mol. The Labute approximate surface area is 223 Å². The third-order valence-electron chi connectivity index (χ3n) is 5.84. The van der Waals surface area contributed by atoms with Gasteiger partial charge in [-0.15, -0.1) is 11.3 Å². The van der Waals surface area contributed by atoms with Gasteiger partial charge in [-0.3, -0.25) is 25.2 Å². The second-order valence-corrected chi connectivity index (χ2v) is 11.0. The largest absolute Gasteiger partial charge is 0.279 e. The number of para-hydroxylation sites is 2. The number of aryl methyl sites for hydroxylation is 1. The Balaban J connectivity index is 1.30. The normalized spacial score (nSPS) is 11.2. The Morgan fingerprint density at radius 1 is 0.816 bits per heavy atom. The van der Waals surface area contributed by atoms with Crippen LogP contribution in [0, 0.1) is 6.92 Å². The molecule has 3 aromatic carbocycles. The highest BCUT2D eigenvalue weighted by Crippen LogP contribution is 2.28. The number of nitrogens with zero attached hydrogens (tertiary/aromatic N) is 1. The van der Waals surface area contributed by atoms with Gasteiger partial charge in [-0.25, -0.2) is 13.4 Å². The zero-order valence-corrected chi connectivity index (χ0v) is 21.8. The number of aromatic nitrogens is 1. The molecule has 5 rings (SSSR count). The van der Waals surface area contributed by atoms with Gasteiger partial charge in [-0.1, -0.05) is 42.5 Å². The summed E-state index contributed by atoms with van der Waals surface area (Å²) in [6.07, 6.45) is 0. The molecule has 0 aliphatic carbocycles. The van der Waals surface area contributed by atoms with Gasteiger partial charge in [0.25, 0.3) is 21.8 Å². The summed E-state index contributed by atoms with van der Waals surface area (Å²) in [7, 11) is -3.84.